The fourth-order valence-electron chi connectivity index (χ4n) is 1.90. The summed E-state index contributed by atoms with van der Waals surface area (Å²) in [5.41, 5.74) is 6.71. The van der Waals surface area contributed by atoms with E-state index in [9.17, 15) is 0 Å². The molecule has 2 nitrogen and oxygen atoms in total. The molecule has 0 aliphatic heterocycles. The first-order valence-electron chi connectivity index (χ1n) is 5.29. The summed E-state index contributed by atoms with van der Waals surface area (Å²) in [6.45, 7) is 4.23. The normalized spacial score (nSPS) is 12.7. The molecule has 1 aromatic carbocycles. The van der Waals surface area contributed by atoms with Crippen LogP contribution in [0.15, 0.2) is 35.7 Å². The second kappa shape index (κ2) is 4.78. The smallest absolute Gasteiger partial charge is 0.0807 e. The molecular formula is C13H16N2S. The van der Waals surface area contributed by atoms with Crippen LogP contribution in [0.3, 0.4) is 0 Å². The van der Waals surface area contributed by atoms with Crippen molar-refractivity contribution >= 4 is 11.3 Å². The predicted molar refractivity (Wildman–Crippen MR) is 69.4 cm³/mol. The molecule has 0 radical (unpaired) electrons. The van der Waals surface area contributed by atoms with Crippen LogP contribution >= 0.6 is 11.3 Å². The Labute approximate surface area is 100 Å². The molecule has 0 spiro atoms. The Balaban J connectivity index is 2.45. The standard InChI is InChI=1S/C13H16N2S/c1-9-5-3-4-6-11(9)12(15-14)13-10(2)7-8-16-13/h3-8,12,15H,14H2,1-2H3. The summed E-state index contributed by atoms with van der Waals surface area (Å²) in [5.74, 6) is 5.69. The lowest BCUT2D eigenvalue weighted by Crippen LogP contribution is -2.29. The summed E-state index contributed by atoms with van der Waals surface area (Å²) >= 11 is 1.74. The molecule has 3 heteroatoms. The third-order valence-corrected chi connectivity index (χ3v) is 3.91. The van der Waals surface area contributed by atoms with E-state index >= 15 is 0 Å². The Hall–Kier alpha value is -1.16. The van der Waals surface area contributed by atoms with E-state index in [1.54, 1.807) is 11.3 Å². The summed E-state index contributed by atoms with van der Waals surface area (Å²) in [4.78, 5) is 1.29. The van der Waals surface area contributed by atoms with Gasteiger partial charge in [-0.15, -0.1) is 11.3 Å². The van der Waals surface area contributed by atoms with Gasteiger partial charge in [0.05, 0.1) is 6.04 Å². The molecule has 0 saturated heterocycles. The van der Waals surface area contributed by atoms with Crippen molar-refractivity contribution in [2.24, 2.45) is 5.84 Å². The van der Waals surface area contributed by atoms with Gasteiger partial charge in [0, 0.05) is 4.88 Å². The van der Waals surface area contributed by atoms with Crippen molar-refractivity contribution in [3.8, 4) is 0 Å². The number of thiophene rings is 1. The quantitative estimate of drug-likeness (QED) is 0.631. The van der Waals surface area contributed by atoms with Gasteiger partial charge in [-0.3, -0.25) is 5.84 Å². The van der Waals surface area contributed by atoms with Gasteiger partial charge in [-0.1, -0.05) is 24.3 Å². The summed E-state index contributed by atoms with van der Waals surface area (Å²) < 4.78 is 0. The lowest BCUT2D eigenvalue weighted by Gasteiger charge is -2.18. The van der Waals surface area contributed by atoms with E-state index < -0.39 is 0 Å². The van der Waals surface area contributed by atoms with Gasteiger partial charge in [-0.25, -0.2) is 5.43 Å². The Bertz CT molecular complexity index is 476. The highest BCUT2D eigenvalue weighted by Gasteiger charge is 2.17. The number of nitrogens with two attached hydrogens (primary N) is 1. The topological polar surface area (TPSA) is 38.0 Å². The maximum absolute atomic E-state index is 5.69. The molecule has 0 amide bonds. The van der Waals surface area contributed by atoms with Crippen molar-refractivity contribution in [1.29, 1.82) is 0 Å². The maximum atomic E-state index is 5.69. The average molecular weight is 232 g/mol. The van der Waals surface area contributed by atoms with Crippen LogP contribution in [0.5, 0.6) is 0 Å². The monoisotopic (exact) mass is 232 g/mol. The number of benzene rings is 1. The van der Waals surface area contributed by atoms with Crippen LogP contribution in [0, 0.1) is 13.8 Å². The minimum atomic E-state index is 0.0983. The highest BCUT2D eigenvalue weighted by atomic mass is 32.1. The zero-order valence-electron chi connectivity index (χ0n) is 9.53. The third kappa shape index (κ3) is 2.02. The molecule has 0 bridgehead atoms. The molecule has 84 valence electrons. The molecule has 0 aliphatic rings. The Kier molecular flexibility index (Phi) is 3.39. The summed E-state index contributed by atoms with van der Waals surface area (Å²) in [7, 11) is 0. The second-order valence-electron chi connectivity index (χ2n) is 3.92. The van der Waals surface area contributed by atoms with Crippen LogP contribution in [-0.4, -0.2) is 0 Å². The first kappa shape index (κ1) is 11.3. The van der Waals surface area contributed by atoms with Crippen LogP contribution in [0.2, 0.25) is 0 Å². The van der Waals surface area contributed by atoms with Gasteiger partial charge in [-0.05, 0) is 42.0 Å². The van der Waals surface area contributed by atoms with Crippen molar-refractivity contribution in [1.82, 2.24) is 5.43 Å². The minimum Gasteiger partial charge on any atom is -0.271 e. The van der Waals surface area contributed by atoms with E-state index in [1.807, 2.05) is 6.07 Å². The van der Waals surface area contributed by atoms with Gasteiger partial charge in [0.15, 0.2) is 0 Å². The lowest BCUT2D eigenvalue weighted by molar-refractivity contribution is 0.640. The highest BCUT2D eigenvalue weighted by molar-refractivity contribution is 7.10. The molecule has 16 heavy (non-hydrogen) atoms. The van der Waals surface area contributed by atoms with Crippen LogP contribution in [0.25, 0.3) is 0 Å². The number of rotatable bonds is 3. The second-order valence-corrected chi connectivity index (χ2v) is 4.87. The van der Waals surface area contributed by atoms with Crippen LogP contribution in [-0.2, 0) is 0 Å². The summed E-state index contributed by atoms with van der Waals surface area (Å²) in [6, 6.07) is 10.6. The Morgan fingerprint density at radius 1 is 1.12 bits per heavy atom. The van der Waals surface area contributed by atoms with Crippen LogP contribution in [0.1, 0.15) is 27.6 Å². The summed E-state index contributed by atoms with van der Waals surface area (Å²) in [6.07, 6.45) is 0. The van der Waals surface area contributed by atoms with Crippen molar-refractivity contribution in [3.05, 3.63) is 57.3 Å². The van der Waals surface area contributed by atoms with Gasteiger partial charge < -0.3 is 0 Å². The van der Waals surface area contributed by atoms with Gasteiger partial charge in [0.2, 0.25) is 0 Å². The molecule has 2 rings (SSSR count). The molecule has 1 unspecified atom stereocenters. The molecule has 0 fully saturated rings. The largest absolute Gasteiger partial charge is 0.271 e. The number of hydrogen-bond donors (Lipinski definition) is 2. The first-order chi connectivity index (χ1) is 7.74. The van der Waals surface area contributed by atoms with E-state index in [2.05, 4.69) is 48.9 Å². The highest BCUT2D eigenvalue weighted by Crippen LogP contribution is 2.30. The van der Waals surface area contributed by atoms with Gasteiger partial charge >= 0.3 is 0 Å². The fraction of sp³-hybridized carbons (Fsp3) is 0.231. The fourth-order valence-corrected chi connectivity index (χ4v) is 2.90. The lowest BCUT2D eigenvalue weighted by atomic mass is 9.99. The number of hydrogen-bond acceptors (Lipinski definition) is 3. The Morgan fingerprint density at radius 3 is 2.44 bits per heavy atom. The van der Waals surface area contributed by atoms with Gasteiger partial charge in [-0.2, -0.15) is 0 Å². The number of aryl methyl sites for hydroxylation is 2. The third-order valence-electron chi connectivity index (χ3n) is 2.83. The van der Waals surface area contributed by atoms with Crippen molar-refractivity contribution in [2.45, 2.75) is 19.9 Å². The van der Waals surface area contributed by atoms with E-state index in [0.717, 1.165) is 0 Å². The maximum Gasteiger partial charge on any atom is 0.0807 e. The van der Waals surface area contributed by atoms with Crippen LogP contribution < -0.4 is 11.3 Å². The SMILES string of the molecule is Cc1ccccc1C(NN)c1sccc1C. The zero-order valence-corrected chi connectivity index (χ0v) is 10.3. The van der Waals surface area contributed by atoms with Gasteiger partial charge in [0.1, 0.15) is 0 Å². The number of hydrazine groups is 1. The molecule has 1 heterocycles. The molecular weight excluding hydrogens is 216 g/mol. The minimum absolute atomic E-state index is 0.0983. The number of nitrogens with one attached hydrogen (secondary N) is 1. The van der Waals surface area contributed by atoms with Crippen molar-refractivity contribution in [3.63, 3.8) is 0 Å². The molecule has 1 aromatic heterocycles. The molecule has 0 saturated carbocycles. The van der Waals surface area contributed by atoms with E-state index in [1.165, 1.54) is 21.6 Å². The van der Waals surface area contributed by atoms with Crippen LogP contribution in [0.4, 0.5) is 0 Å². The molecule has 3 N–H and O–H groups in total. The van der Waals surface area contributed by atoms with Crippen molar-refractivity contribution in [2.75, 3.05) is 0 Å². The molecule has 1 atom stereocenters. The van der Waals surface area contributed by atoms with E-state index in [-0.39, 0.29) is 6.04 Å². The van der Waals surface area contributed by atoms with Crippen molar-refractivity contribution < 1.29 is 0 Å². The van der Waals surface area contributed by atoms with E-state index in [4.69, 9.17) is 5.84 Å². The summed E-state index contributed by atoms with van der Waals surface area (Å²) in [5, 5.41) is 2.10. The van der Waals surface area contributed by atoms with Gasteiger partial charge in [0.25, 0.3) is 0 Å². The van der Waals surface area contributed by atoms with E-state index in [0.29, 0.717) is 0 Å². The predicted octanol–water partition coefficient (Wildman–Crippen LogP) is 2.92. The average Bonchev–Trinajstić information content (AvgIpc) is 2.69. The Morgan fingerprint density at radius 2 is 1.88 bits per heavy atom. The first-order valence-corrected chi connectivity index (χ1v) is 6.17. The molecule has 0 aliphatic carbocycles. The zero-order chi connectivity index (χ0) is 11.5. The molecule has 2 aromatic rings.